The lowest BCUT2D eigenvalue weighted by atomic mass is 9.95. The van der Waals surface area contributed by atoms with Crippen molar-refractivity contribution in [3.05, 3.63) is 63.2 Å². The summed E-state index contributed by atoms with van der Waals surface area (Å²) in [6.45, 7) is 3.71. The topological polar surface area (TPSA) is 63.4 Å². The molecule has 0 fully saturated rings. The van der Waals surface area contributed by atoms with Crippen LogP contribution in [-0.2, 0) is 6.61 Å². The fourth-order valence-electron chi connectivity index (χ4n) is 2.12. The van der Waals surface area contributed by atoms with Crippen LogP contribution in [0.4, 0.5) is 5.69 Å². The predicted molar refractivity (Wildman–Crippen MR) is 73.9 cm³/mol. The first-order chi connectivity index (χ1) is 9.04. The first-order valence-corrected chi connectivity index (χ1v) is 5.99. The Balaban J connectivity index is 2.58. The van der Waals surface area contributed by atoms with E-state index in [2.05, 4.69) is 0 Å². The molecule has 2 rings (SSSR count). The van der Waals surface area contributed by atoms with Crippen molar-refractivity contribution >= 4 is 5.69 Å². The van der Waals surface area contributed by atoms with Crippen molar-refractivity contribution in [2.45, 2.75) is 20.5 Å². The second kappa shape index (κ2) is 5.20. The zero-order chi connectivity index (χ0) is 14.0. The maximum atomic E-state index is 10.8. The molecule has 0 radical (unpaired) electrons. The number of nitro groups is 1. The van der Waals surface area contributed by atoms with Crippen molar-refractivity contribution in [3.8, 4) is 11.1 Å². The van der Waals surface area contributed by atoms with Gasteiger partial charge in [-0.25, -0.2) is 0 Å². The molecule has 2 aromatic rings. The van der Waals surface area contributed by atoms with Gasteiger partial charge in [-0.2, -0.15) is 0 Å². The number of hydrogen-bond donors (Lipinski definition) is 1. The maximum absolute atomic E-state index is 10.8. The molecule has 0 atom stereocenters. The van der Waals surface area contributed by atoms with E-state index in [-0.39, 0.29) is 12.3 Å². The Bertz CT molecular complexity index is 635. The fourth-order valence-corrected chi connectivity index (χ4v) is 2.12. The van der Waals surface area contributed by atoms with Crippen LogP contribution in [0, 0.1) is 24.0 Å². The van der Waals surface area contributed by atoms with Crippen LogP contribution in [0.25, 0.3) is 11.1 Å². The summed E-state index contributed by atoms with van der Waals surface area (Å²) in [6, 6.07) is 10.8. The average Bonchev–Trinajstić information content (AvgIpc) is 2.41. The van der Waals surface area contributed by atoms with E-state index >= 15 is 0 Å². The normalized spacial score (nSPS) is 10.5. The highest BCUT2D eigenvalue weighted by molar-refractivity contribution is 5.70. The van der Waals surface area contributed by atoms with Gasteiger partial charge in [-0.3, -0.25) is 10.1 Å². The van der Waals surface area contributed by atoms with E-state index in [0.29, 0.717) is 5.56 Å². The van der Waals surface area contributed by atoms with E-state index in [9.17, 15) is 15.2 Å². The number of hydrogen-bond acceptors (Lipinski definition) is 3. The maximum Gasteiger partial charge on any atom is 0.274 e. The van der Waals surface area contributed by atoms with Crippen LogP contribution in [-0.4, -0.2) is 10.0 Å². The molecule has 0 unspecified atom stereocenters. The lowest BCUT2D eigenvalue weighted by Gasteiger charge is -2.10. The third-order valence-electron chi connectivity index (χ3n) is 3.36. The molecule has 0 aliphatic rings. The van der Waals surface area contributed by atoms with Crippen LogP contribution < -0.4 is 0 Å². The molecule has 1 N–H and O–H groups in total. The molecule has 0 saturated carbocycles. The minimum absolute atomic E-state index is 0.0449. The number of aliphatic hydroxyl groups excluding tert-OH is 1. The van der Waals surface area contributed by atoms with E-state index in [1.807, 2.05) is 32.0 Å². The number of benzene rings is 2. The van der Waals surface area contributed by atoms with Gasteiger partial charge in [0.15, 0.2) is 0 Å². The first kappa shape index (κ1) is 13.2. The molecule has 0 aromatic heterocycles. The largest absolute Gasteiger partial charge is 0.391 e. The lowest BCUT2D eigenvalue weighted by Crippen LogP contribution is -1.96. The van der Waals surface area contributed by atoms with E-state index in [0.717, 1.165) is 16.7 Å². The summed E-state index contributed by atoms with van der Waals surface area (Å²) in [5, 5.41) is 20.1. The standard InChI is InChI=1S/C15H15NO3/c1-10-4-3-5-14(11(10)2)12-6-7-15(16(18)19)13(8-12)9-17/h3-8,17H,9H2,1-2H3. The highest BCUT2D eigenvalue weighted by atomic mass is 16.6. The molecule has 2 aromatic carbocycles. The Morgan fingerprint density at radius 2 is 1.95 bits per heavy atom. The zero-order valence-corrected chi connectivity index (χ0v) is 10.9. The minimum atomic E-state index is -0.474. The Kier molecular flexibility index (Phi) is 3.62. The first-order valence-electron chi connectivity index (χ1n) is 5.99. The summed E-state index contributed by atoms with van der Waals surface area (Å²) in [4.78, 5) is 10.4. The smallest absolute Gasteiger partial charge is 0.274 e. The van der Waals surface area contributed by atoms with E-state index in [1.165, 1.54) is 11.6 Å². The third-order valence-corrected chi connectivity index (χ3v) is 3.36. The number of nitro benzene ring substituents is 1. The van der Waals surface area contributed by atoms with Gasteiger partial charge >= 0.3 is 0 Å². The van der Waals surface area contributed by atoms with Gasteiger partial charge in [-0.05, 0) is 48.2 Å². The molecule has 0 aliphatic carbocycles. The van der Waals surface area contributed by atoms with Crippen molar-refractivity contribution in [2.75, 3.05) is 0 Å². The molecular formula is C15H15NO3. The van der Waals surface area contributed by atoms with Gasteiger partial charge in [0.25, 0.3) is 5.69 Å². The second-order valence-electron chi connectivity index (χ2n) is 4.51. The van der Waals surface area contributed by atoms with Crippen LogP contribution in [0.15, 0.2) is 36.4 Å². The average molecular weight is 257 g/mol. The fraction of sp³-hybridized carbons (Fsp3) is 0.200. The molecule has 0 bridgehead atoms. The highest BCUT2D eigenvalue weighted by Gasteiger charge is 2.14. The molecule has 98 valence electrons. The van der Waals surface area contributed by atoms with Gasteiger partial charge in [-0.1, -0.05) is 18.2 Å². The van der Waals surface area contributed by atoms with E-state index in [1.54, 1.807) is 12.1 Å². The summed E-state index contributed by atoms with van der Waals surface area (Å²) >= 11 is 0. The molecule has 4 heteroatoms. The Morgan fingerprint density at radius 3 is 2.58 bits per heavy atom. The third kappa shape index (κ3) is 2.48. The molecular weight excluding hydrogens is 242 g/mol. The number of nitrogens with zero attached hydrogens (tertiary/aromatic N) is 1. The summed E-state index contributed by atoms with van der Waals surface area (Å²) < 4.78 is 0. The quantitative estimate of drug-likeness (QED) is 0.677. The summed E-state index contributed by atoms with van der Waals surface area (Å²) in [5.41, 5.74) is 4.52. The van der Waals surface area contributed by atoms with Crippen molar-refractivity contribution in [1.29, 1.82) is 0 Å². The molecule has 19 heavy (non-hydrogen) atoms. The molecule has 4 nitrogen and oxygen atoms in total. The minimum Gasteiger partial charge on any atom is -0.391 e. The van der Waals surface area contributed by atoms with Crippen LogP contribution in [0.1, 0.15) is 16.7 Å². The van der Waals surface area contributed by atoms with Gasteiger partial charge < -0.3 is 5.11 Å². The number of rotatable bonds is 3. The molecule has 0 amide bonds. The van der Waals surface area contributed by atoms with Crippen molar-refractivity contribution in [1.82, 2.24) is 0 Å². The molecule has 0 heterocycles. The van der Waals surface area contributed by atoms with Crippen molar-refractivity contribution in [2.24, 2.45) is 0 Å². The van der Waals surface area contributed by atoms with Gasteiger partial charge in [-0.15, -0.1) is 0 Å². The summed E-state index contributed by atoms with van der Waals surface area (Å²) in [5.74, 6) is 0. The highest BCUT2D eigenvalue weighted by Crippen LogP contribution is 2.29. The van der Waals surface area contributed by atoms with E-state index in [4.69, 9.17) is 0 Å². The van der Waals surface area contributed by atoms with Crippen LogP contribution in [0.3, 0.4) is 0 Å². The Labute approximate surface area is 111 Å². The van der Waals surface area contributed by atoms with Crippen LogP contribution in [0.2, 0.25) is 0 Å². The van der Waals surface area contributed by atoms with Crippen LogP contribution in [0.5, 0.6) is 0 Å². The number of aryl methyl sites for hydroxylation is 1. The van der Waals surface area contributed by atoms with E-state index < -0.39 is 4.92 Å². The monoisotopic (exact) mass is 257 g/mol. The molecule has 0 spiro atoms. The summed E-state index contributed by atoms with van der Waals surface area (Å²) in [6.07, 6.45) is 0. The number of aliphatic hydroxyl groups is 1. The Hall–Kier alpha value is -2.20. The molecule has 0 saturated heterocycles. The zero-order valence-electron chi connectivity index (χ0n) is 10.9. The Morgan fingerprint density at radius 1 is 1.21 bits per heavy atom. The molecule has 0 aliphatic heterocycles. The predicted octanol–water partition coefficient (Wildman–Crippen LogP) is 3.37. The van der Waals surface area contributed by atoms with Gasteiger partial charge in [0.1, 0.15) is 0 Å². The van der Waals surface area contributed by atoms with Crippen molar-refractivity contribution < 1.29 is 10.0 Å². The lowest BCUT2D eigenvalue weighted by molar-refractivity contribution is -0.385. The second-order valence-corrected chi connectivity index (χ2v) is 4.51. The summed E-state index contributed by atoms with van der Waals surface area (Å²) in [7, 11) is 0. The van der Waals surface area contributed by atoms with Gasteiger partial charge in [0.05, 0.1) is 17.1 Å². The van der Waals surface area contributed by atoms with Gasteiger partial charge in [0, 0.05) is 6.07 Å². The van der Waals surface area contributed by atoms with Gasteiger partial charge in [0.2, 0.25) is 0 Å². The van der Waals surface area contributed by atoms with Crippen molar-refractivity contribution in [3.63, 3.8) is 0 Å². The SMILES string of the molecule is Cc1cccc(-c2ccc([N+](=O)[O-])c(CO)c2)c1C. The van der Waals surface area contributed by atoms with Crippen LogP contribution >= 0.6 is 0 Å².